The number of carbonyl (C=O) groups excluding carboxylic acids is 2. The molecule has 2 amide bonds. The number of hydrogen-bond donors (Lipinski definition) is 3. The van der Waals surface area contributed by atoms with Gasteiger partial charge in [-0.2, -0.15) is 0 Å². The number of hydrogen-bond acceptors (Lipinski definition) is 3. The molecule has 136 valence electrons. The molecule has 0 spiro atoms. The molecule has 1 rings (SSSR count). The average Bonchev–Trinajstić information content (AvgIpc) is 2.56. The molecular weight excluding hydrogens is 320 g/mol. The van der Waals surface area contributed by atoms with Crippen molar-refractivity contribution in [1.82, 2.24) is 10.6 Å². The predicted octanol–water partition coefficient (Wildman–Crippen LogP) is 2.29. The van der Waals surface area contributed by atoms with Gasteiger partial charge in [-0.1, -0.05) is 37.6 Å². The lowest BCUT2D eigenvalue weighted by molar-refractivity contribution is -0.142. The Morgan fingerprint density at radius 1 is 1.16 bits per heavy atom. The van der Waals surface area contributed by atoms with Crippen molar-refractivity contribution in [3.63, 3.8) is 0 Å². The summed E-state index contributed by atoms with van der Waals surface area (Å²) in [5.74, 6) is -2.18. The first kappa shape index (κ1) is 20.4. The molecule has 0 aliphatic heterocycles. The number of carboxylic acids is 1. The summed E-state index contributed by atoms with van der Waals surface area (Å²) >= 11 is 0. The maximum Gasteiger partial charge on any atom is 0.326 e. The smallest absolute Gasteiger partial charge is 0.326 e. The summed E-state index contributed by atoms with van der Waals surface area (Å²) in [7, 11) is 0. The van der Waals surface area contributed by atoms with Crippen molar-refractivity contribution >= 4 is 17.8 Å². The molecule has 2 atom stereocenters. The van der Waals surface area contributed by atoms with Gasteiger partial charge < -0.3 is 15.7 Å². The van der Waals surface area contributed by atoms with Crippen LogP contribution >= 0.6 is 0 Å². The van der Waals surface area contributed by atoms with Crippen LogP contribution < -0.4 is 10.6 Å². The quantitative estimate of drug-likeness (QED) is 0.598. The summed E-state index contributed by atoms with van der Waals surface area (Å²) in [6, 6.07) is 5.17. The van der Waals surface area contributed by atoms with Gasteiger partial charge in [-0.05, 0) is 37.8 Å². The van der Waals surface area contributed by atoms with Crippen LogP contribution in [-0.2, 0) is 9.59 Å². The number of benzene rings is 1. The third-order valence-electron chi connectivity index (χ3n) is 3.82. The van der Waals surface area contributed by atoms with Gasteiger partial charge in [-0.3, -0.25) is 9.59 Å². The Morgan fingerprint density at radius 3 is 2.24 bits per heavy atom. The molecule has 0 saturated carbocycles. The number of aliphatic carboxylic acids is 1. The van der Waals surface area contributed by atoms with Crippen LogP contribution in [0.2, 0.25) is 0 Å². The van der Waals surface area contributed by atoms with Crippen molar-refractivity contribution in [2.24, 2.45) is 5.92 Å². The van der Waals surface area contributed by atoms with E-state index in [4.69, 9.17) is 0 Å². The van der Waals surface area contributed by atoms with E-state index in [0.717, 1.165) is 5.56 Å². The largest absolute Gasteiger partial charge is 0.480 e. The molecule has 25 heavy (non-hydrogen) atoms. The van der Waals surface area contributed by atoms with Gasteiger partial charge in [-0.25, -0.2) is 4.79 Å². The molecule has 1 aromatic rings. The van der Waals surface area contributed by atoms with Crippen LogP contribution in [0.1, 0.15) is 42.6 Å². The lowest BCUT2D eigenvalue weighted by Gasteiger charge is -2.24. The number of aryl methyl sites for hydroxylation is 1. The van der Waals surface area contributed by atoms with E-state index in [1.807, 2.05) is 19.1 Å². The minimum absolute atomic E-state index is 0.191. The molecule has 6 heteroatoms. The zero-order chi connectivity index (χ0) is 19.0. The second kappa shape index (κ2) is 9.61. The SMILES string of the molecule is C=CCCC(NC(=O)C(NC(=O)c1ccc(C)cc1)C(C)C)C(=O)O. The van der Waals surface area contributed by atoms with Crippen molar-refractivity contribution in [2.75, 3.05) is 0 Å². The Balaban J connectivity index is 2.82. The second-order valence-electron chi connectivity index (χ2n) is 6.33. The maximum atomic E-state index is 12.5. The Bertz CT molecular complexity index is 623. The summed E-state index contributed by atoms with van der Waals surface area (Å²) in [6.07, 6.45) is 2.32. The minimum Gasteiger partial charge on any atom is -0.480 e. The number of carbonyl (C=O) groups is 3. The van der Waals surface area contributed by atoms with E-state index < -0.39 is 24.0 Å². The van der Waals surface area contributed by atoms with Gasteiger partial charge in [0.25, 0.3) is 5.91 Å². The maximum absolute atomic E-state index is 12.5. The number of rotatable bonds is 9. The van der Waals surface area contributed by atoms with Crippen LogP contribution in [0.4, 0.5) is 0 Å². The Morgan fingerprint density at radius 2 is 1.76 bits per heavy atom. The summed E-state index contributed by atoms with van der Waals surface area (Å²) in [6.45, 7) is 9.05. The van der Waals surface area contributed by atoms with Crippen LogP contribution in [0.3, 0.4) is 0 Å². The first-order chi connectivity index (χ1) is 11.8. The molecule has 0 saturated heterocycles. The van der Waals surface area contributed by atoms with Gasteiger partial charge in [-0.15, -0.1) is 6.58 Å². The van der Waals surface area contributed by atoms with Crippen LogP contribution in [0.5, 0.6) is 0 Å². The highest BCUT2D eigenvalue weighted by Crippen LogP contribution is 2.08. The Labute approximate surface area is 148 Å². The predicted molar refractivity (Wildman–Crippen MR) is 96.3 cm³/mol. The van der Waals surface area contributed by atoms with Crippen LogP contribution in [-0.4, -0.2) is 35.0 Å². The average molecular weight is 346 g/mol. The van der Waals surface area contributed by atoms with E-state index in [1.165, 1.54) is 0 Å². The lowest BCUT2D eigenvalue weighted by Crippen LogP contribution is -2.53. The fourth-order valence-electron chi connectivity index (χ4n) is 2.27. The molecule has 0 bridgehead atoms. The second-order valence-corrected chi connectivity index (χ2v) is 6.33. The molecule has 1 aromatic carbocycles. The van der Waals surface area contributed by atoms with E-state index >= 15 is 0 Å². The fourth-order valence-corrected chi connectivity index (χ4v) is 2.27. The van der Waals surface area contributed by atoms with E-state index in [-0.39, 0.29) is 18.2 Å². The molecule has 0 radical (unpaired) electrons. The van der Waals surface area contributed by atoms with Gasteiger partial charge in [0, 0.05) is 5.56 Å². The zero-order valence-corrected chi connectivity index (χ0v) is 14.9. The highest BCUT2D eigenvalue weighted by atomic mass is 16.4. The van der Waals surface area contributed by atoms with Gasteiger partial charge >= 0.3 is 5.97 Å². The molecule has 0 heterocycles. The van der Waals surface area contributed by atoms with Crippen molar-refractivity contribution in [1.29, 1.82) is 0 Å². The summed E-state index contributed by atoms with van der Waals surface area (Å²) in [4.78, 5) is 36.1. The van der Waals surface area contributed by atoms with E-state index in [1.54, 1.807) is 32.1 Å². The van der Waals surface area contributed by atoms with E-state index in [2.05, 4.69) is 17.2 Å². The first-order valence-electron chi connectivity index (χ1n) is 8.27. The normalized spacial score (nSPS) is 13.0. The van der Waals surface area contributed by atoms with Crippen molar-refractivity contribution in [3.05, 3.63) is 48.0 Å². The summed E-state index contributed by atoms with van der Waals surface area (Å²) in [5.41, 5.74) is 1.48. The van der Waals surface area contributed by atoms with E-state index in [0.29, 0.717) is 12.0 Å². The van der Waals surface area contributed by atoms with Crippen molar-refractivity contribution < 1.29 is 19.5 Å². The lowest BCUT2D eigenvalue weighted by atomic mass is 10.0. The summed E-state index contributed by atoms with van der Waals surface area (Å²) < 4.78 is 0. The number of allylic oxidation sites excluding steroid dienone is 1. The molecule has 0 aliphatic rings. The number of amides is 2. The monoisotopic (exact) mass is 346 g/mol. The molecule has 0 fully saturated rings. The third kappa shape index (κ3) is 6.41. The molecule has 0 aromatic heterocycles. The van der Waals surface area contributed by atoms with Gasteiger partial charge in [0.1, 0.15) is 12.1 Å². The van der Waals surface area contributed by atoms with Crippen molar-refractivity contribution in [3.8, 4) is 0 Å². The Hall–Kier alpha value is -2.63. The molecule has 6 nitrogen and oxygen atoms in total. The van der Waals surface area contributed by atoms with Gasteiger partial charge in [0.15, 0.2) is 0 Å². The van der Waals surface area contributed by atoms with Gasteiger partial charge in [0.05, 0.1) is 0 Å². The summed E-state index contributed by atoms with van der Waals surface area (Å²) in [5, 5.41) is 14.4. The minimum atomic E-state index is -1.11. The molecular formula is C19H26N2O4. The zero-order valence-electron chi connectivity index (χ0n) is 14.9. The van der Waals surface area contributed by atoms with Crippen LogP contribution in [0.15, 0.2) is 36.9 Å². The van der Waals surface area contributed by atoms with Crippen LogP contribution in [0.25, 0.3) is 0 Å². The molecule has 3 N–H and O–H groups in total. The van der Waals surface area contributed by atoms with E-state index in [9.17, 15) is 19.5 Å². The highest BCUT2D eigenvalue weighted by Gasteiger charge is 2.28. The van der Waals surface area contributed by atoms with Crippen LogP contribution in [0, 0.1) is 12.8 Å². The standard InChI is InChI=1S/C19H26N2O4/c1-5-6-7-15(19(24)25)20-18(23)16(12(2)3)21-17(22)14-10-8-13(4)9-11-14/h5,8-12,15-16H,1,6-7H2,2-4H3,(H,20,23)(H,21,22)(H,24,25). The molecule has 2 unspecified atom stereocenters. The Kier molecular flexibility index (Phi) is 7.85. The number of nitrogens with one attached hydrogen (secondary N) is 2. The topological polar surface area (TPSA) is 95.5 Å². The fraction of sp³-hybridized carbons (Fsp3) is 0.421. The number of carboxylic acid groups (broad SMARTS) is 1. The third-order valence-corrected chi connectivity index (χ3v) is 3.82. The van der Waals surface area contributed by atoms with Gasteiger partial charge in [0.2, 0.25) is 5.91 Å². The first-order valence-corrected chi connectivity index (χ1v) is 8.27. The highest BCUT2D eigenvalue weighted by molar-refractivity contribution is 5.98. The molecule has 0 aliphatic carbocycles. The van der Waals surface area contributed by atoms with Crippen molar-refractivity contribution in [2.45, 2.75) is 45.7 Å².